The Labute approximate surface area is 264 Å². The SMILES string of the molecule is CCOc1cc2c(cc1NC(=O)CCCN(C)C)C(Nc1ccc(OCC3CCC(C(=O)OC)CN3)c(Cl)c1)C(C#N)CN2. The van der Waals surface area contributed by atoms with Crippen LogP contribution >= 0.6 is 11.6 Å². The molecule has 1 saturated heterocycles. The van der Waals surface area contributed by atoms with Gasteiger partial charge in [-0.05, 0) is 71.1 Å². The number of amides is 1. The third-order valence-corrected chi connectivity index (χ3v) is 8.19. The predicted molar refractivity (Wildman–Crippen MR) is 171 cm³/mol. The Balaban J connectivity index is 1.46. The smallest absolute Gasteiger partial charge is 0.309 e. The van der Waals surface area contributed by atoms with E-state index < -0.39 is 0 Å². The normalized spacial score (nSPS) is 20.9. The number of methoxy groups -OCH3 is 1. The molecule has 4 atom stereocenters. The number of nitrogens with zero attached hydrogens (tertiary/aromatic N) is 2. The van der Waals surface area contributed by atoms with Gasteiger partial charge in [-0.2, -0.15) is 5.26 Å². The summed E-state index contributed by atoms with van der Waals surface area (Å²) >= 11 is 6.63. The minimum Gasteiger partial charge on any atom is -0.492 e. The van der Waals surface area contributed by atoms with Gasteiger partial charge in [0.05, 0.1) is 48.4 Å². The van der Waals surface area contributed by atoms with Crippen LogP contribution in [0.15, 0.2) is 30.3 Å². The summed E-state index contributed by atoms with van der Waals surface area (Å²) in [4.78, 5) is 26.6. The molecule has 1 amide bonds. The molecule has 0 spiro atoms. The number of hydrogen-bond acceptors (Lipinski definition) is 10. The summed E-state index contributed by atoms with van der Waals surface area (Å²) in [7, 11) is 5.37. The fourth-order valence-electron chi connectivity index (χ4n) is 5.50. The maximum atomic E-state index is 12.8. The molecule has 2 aliphatic rings. The summed E-state index contributed by atoms with van der Waals surface area (Å²) in [5, 5.41) is 23.7. The molecule has 0 aromatic heterocycles. The number of piperidine rings is 1. The number of anilines is 3. The number of carbonyl (C=O) groups is 2. The summed E-state index contributed by atoms with van der Waals surface area (Å²) in [6.07, 6.45) is 2.67. The Morgan fingerprint density at radius 1 is 1.14 bits per heavy atom. The van der Waals surface area contributed by atoms with Gasteiger partial charge in [0.1, 0.15) is 18.1 Å². The third-order valence-electron chi connectivity index (χ3n) is 7.90. The minimum atomic E-state index is -0.384. The molecule has 0 radical (unpaired) electrons. The number of fused-ring (bicyclic) bond motifs is 1. The van der Waals surface area contributed by atoms with Crippen LogP contribution in [0.5, 0.6) is 11.5 Å². The third kappa shape index (κ3) is 8.68. The van der Waals surface area contributed by atoms with E-state index in [2.05, 4.69) is 27.3 Å². The van der Waals surface area contributed by atoms with E-state index in [1.54, 1.807) is 6.07 Å². The summed E-state index contributed by atoms with van der Waals surface area (Å²) in [6, 6.07) is 11.4. The number of halogens is 1. The van der Waals surface area contributed by atoms with Crippen molar-refractivity contribution >= 4 is 40.5 Å². The second kappa shape index (κ2) is 15.8. The molecule has 11 nitrogen and oxygen atoms in total. The first-order valence-electron chi connectivity index (χ1n) is 15.1. The molecular formula is C32H43ClN6O5. The first-order valence-corrected chi connectivity index (χ1v) is 15.5. The molecule has 2 aromatic rings. The van der Waals surface area contributed by atoms with Gasteiger partial charge in [0.15, 0.2) is 0 Å². The van der Waals surface area contributed by atoms with Crippen LogP contribution in [-0.2, 0) is 14.3 Å². The van der Waals surface area contributed by atoms with Crippen LogP contribution in [0.1, 0.15) is 44.2 Å². The van der Waals surface area contributed by atoms with E-state index in [1.807, 2.05) is 50.2 Å². The molecule has 44 heavy (non-hydrogen) atoms. The van der Waals surface area contributed by atoms with Crippen molar-refractivity contribution in [2.45, 2.75) is 44.7 Å². The highest BCUT2D eigenvalue weighted by Gasteiger charge is 2.32. The van der Waals surface area contributed by atoms with E-state index in [0.29, 0.717) is 54.9 Å². The average molecular weight is 627 g/mol. The van der Waals surface area contributed by atoms with E-state index in [4.69, 9.17) is 25.8 Å². The summed E-state index contributed by atoms with van der Waals surface area (Å²) in [5.41, 5.74) is 2.99. The molecule has 2 heterocycles. The van der Waals surface area contributed by atoms with Crippen LogP contribution in [0.25, 0.3) is 0 Å². The molecule has 4 rings (SSSR count). The van der Waals surface area contributed by atoms with Crippen LogP contribution in [0.4, 0.5) is 17.1 Å². The number of rotatable bonds is 13. The second-order valence-corrected chi connectivity index (χ2v) is 11.8. The summed E-state index contributed by atoms with van der Waals surface area (Å²) in [5.74, 6) is 0.332. The van der Waals surface area contributed by atoms with Crippen molar-refractivity contribution in [3.05, 3.63) is 40.9 Å². The van der Waals surface area contributed by atoms with Crippen molar-refractivity contribution in [3.8, 4) is 17.6 Å². The minimum absolute atomic E-state index is 0.0908. The molecule has 0 bridgehead atoms. The fraction of sp³-hybridized carbons (Fsp3) is 0.531. The average Bonchev–Trinajstić information content (AvgIpc) is 3.01. The molecule has 1 fully saturated rings. The molecule has 2 aromatic carbocycles. The first-order chi connectivity index (χ1) is 21.2. The maximum Gasteiger partial charge on any atom is 0.309 e. The predicted octanol–water partition coefficient (Wildman–Crippen LogP) is 4.66. The number of hydrogen-bond donors (Lipinski definition) is 4. The fourth-order valence-corrected chi connectivity index (χ4v) is 5.74. The zero-order valence-corrected chi connectivity index (χ0v) is 26.6. The number of nitrogens with one attached hydrogen (secondary N) is 4. The topological polar surface area (TPSA) is 137 Å². The van der Waals surface area contributed by atoms with Crippen molar-refractivity contribution in [1.29, 1.82) is 5.26 Å². The van der Waals surface area contributed by atoms with Gasteiger partial charge < -0.3 is 40.4 Å². The lowest BCUT2D eigenvalue weighted by molar-refractivity contribution is -0.146. The number of ether oxygens (including phenoxy) is 3. The molecule has 12 heteroatoms. The lowest BCUT2D eigenvalue weighted by Gasteiger charge is -2.33. The van der Waals surface area contributed by atoms with Gasteiger partial charge in [-0.15, -0.1) is 0 Å². The van der Waals surface area contributed by atoms with Crippen LogP contribution in [0.2, 0.25) is 5.02 Å². The van der Waals surface area contributed by atoms with Crippen molar-refractivity contribution < 1.29 is 23.8 Å². The van der Waals surface area contributed by atoms with Crippen LogP contribution < -0.4 is 30.7 Å². The van der Waals surface area contributed by atoms with Gasteiger partial charge in [0, 0.05) is 48.6 Å². The van der Waals surface area contributed by atoms with Gasteiger partial charge in [-0.1, -0.05) is 11.6 Å². The molecule has 2 aliphatic heterocycles. The highest BCUT2D eigenvalue weighted by molar-refractivity contribution is 6.32. The van der Waals surface area contributed by atoms with Crippen molar-refractivity contribution in [2.24, 2.45) is 11.8 Å². The van der Waals surface area contributed by atoms with Crippen LogP contribution in [-0.4, -0.2) is 76.9 Å². The van der Waals surface area contributed by atoms with Gasteiger partial charge in [0.25, 0.3) is 0 Å². The van der Waals surface area contributed by atoms with E-state index in [-0.39, 0.29) is 35.8 Å². The van der Waals surface area contributed by atoms with Gasteiger partial charge in [-0.25, -0.2) is 0 Å². The number of esters is 1. The van der Waals surface area contributed by atoms with E-state index in [1.165, 1.54) is 7.11 Å². The molecule has 4 unspecified atom stereocenters. The summed E-state index contributed by atoms with van der Waals surface area (Å²) < 4.78 is 16.7. The number of carbonyl (C=O) groups excluding carboxylic acids is 2. The Kier molecular flexibility index (Phi) is 11.9. The summed E-state index contributed by atoms with van der Waals surface area (Å²) in [6.45, 7) is 4.59. The monoisotopic (exact) mass is 626 g/mol. The Morgan fingerprint density at radius 3 is 2.61 bits per heavy atom. The Hall–Kier alpha value is -3.72. The Morgan fingerprint density at radius 2 is 1.95 bits per heavy atom. The maximum absolute atomic E-state index is 12.8. The largest absolute Gasteiger partial charge is 0.492 e. The quantitative estimate of drug-likeness (QED) is 0.232. The number of benzene rings is 2. The van der Waals surface area contributed by atoms with Gasteiger partial charge in [-0.3, -0.25) is 9.59 Å². The van der Waals surface area contributed by atoms with E-state index in [9.17, 15) is 14.9 Å². The van der Waals surface area contributed by atoms with Crippen molar-refractivity contribution in [3.63, 3.8) is 0 Å². The zero-order chi connectivity index (χ0) is 31.6. The van der Waals surface area contributed by atoms with Gasteiger partial charge in [0.2, 0.25) is 5.91 Å². The molecule has 0 aliphatic carbocycles. The van der Waals surface area contributed by atoms with Crippen LogP contribution in [0.3, 0.4) is 0 Å². The lowest BCUT2D eigenvalue weighted by atomic mass is 9.88. The second-order valence-electron chi connectivity index (χ2n) is 11.4. The lowest BCUT2D eigenvalue weighted by Crippen LogP contribution is -2.44. The van der Waals surface area contributed by atoms with Crippen LogP contribution in [0, 0.1) is 23.2 Å². The van der Waals surface area contributed by atoms with Crippen molar-refractivity contribution in [1.82, 2.24) is 10.2 Å². The molecular weight excluding hydrogens is 584 g/mol. The molecule has 4 N–H and O–H groups in total. The first kappa shape index (κ1) is 33.2. The van der Waals surface area contributed by atoms with Crippen molar-refractivity contribution in [2.75, 3.05) is 70.0 Å². The number of nitriles is 1. The Bertz CT molecular complexity index is 1340. The van der Waals surface area contributed by atoms with Gasteiger partial charge >= 0.3 is 5.97 Å². The highest BCUT2D eigenvalue weighted by atomic mass is 35.5. The molecule has 0 saturated carbocycles. The standard InChI is InChI=1S/C32H43ClN6O5/c1-5-43-29-15-26-24(14-27(29)38-30(40)7-6-12-39(2)3)31(21(16-34)18-36-26)37-22-10-11-28(25(33)13-22)44-19-23-9-8-20(17-35-23)32(41)42-4/h10-11,13-15,20-21,23,31,35-37H,5-9,12,17-19H2,1-4H3,(H,38,40). The zero-order valence-electron chi connectivity index (χ0n) is 25.9. The van der Waals surface area contributed by atoms with E-state index in [0.717, 1.165) is 42.7 Å². The van der Waals surface area contributed by atoms with E-state index >= 15 is 0 Å². The molecule has 238 valence electrons. The highest BCUT2D eigenvalue weighted by Crippen LogP contribution is 2.42.